The van der Waals surface area contributed by atoms with Gasteiger partial charge in [0.2, 0.25) is 6.43 Å². The summed E-state index contributed by atoms with van der Waals surface area (Å²) in [7, 11) is 3.77. The van der Waals surface area contributed by atoms with Gasteiger partial charge in [0, 0.05) is 39.2 Å². The molecule has 0 saturated carbocycles. The molecule has 1 unspecified atom stereocenters. The fourth-order valence-electron chi connectivity index (χ4n) is 1.96. The van der Waals surface area contributed by atoms with Crippen molar-refractivity contribution in [1.82, 2.24) is 9.97 Å². The Morgan fingerprint density at radius 3 is 2.76 bits per heavy atom. The van der Waals surface area contributed by atoms with Gasteiger partial charge >= 0.3 is 0 Å². The van der Waals surface area contributed by atoms with Crippen molar-refractivity contribution in [3.63, 3.8) is 0 Å². The number of rotatable bonds is 3. The summed E-state index contributed by atoms with van der Waals surface area (Å²) < 4.78 is 25.1. The lowest BCUT2D eigenvalue weighted by molar-refractivity contribution is 0.0880. The van der Waals surface area contributed by atoms with Crippen molar-refractivity contribution in [2.45, 2.75) is 12.8 Å². The van der Waals surface area contributed by atoms with Crippen LogP contribution in [0.5, 0.6) is 0 Å². The highest BCUT2D eigenvalue weighted by atomic mass is 19.3. The lowest BCUT2D eigenvalue weighted by atomic mass is 10.1. The van der Waals surface area contributed by atoms with E-state index in [4.69, 9.17) is 0 Å². The fourth-order valence-corrected chi connectivity index (χ4v) is 1.96. The summed E-state index contributed by atoms with van der Waals surface area (Å²) in [6.45, 7) is 1.01. The number of nitrogens with zero attached hydrogens (tertiary/aromatic N) is 4. The van der Waals surface area contributed by atoms with Gasteiger partial charge in [-0.3, -0.25) is 0 Å². The Labute approximate surface area is 99.3 Å². The van der Waals surface area contributed by atoms with Crippen LogP contribution in [-0.4, -0.2) is 43.6 Å². The normalized spacial score (nSPS) is 20.1. The molecule has 94 valence electrons. The lowest BCUT2D eigenvalue weighted by Gasteiger charge is -2.19. The second kappa shape index (κ2) is 4.81. The molecule has 17 heavy (non-hydrogen) atoms. The Hall–Kier alpha value is -1.46. The highest BCUT2D eigenvalue weighted by Gasteiger charge is 2.30. The first-order chi connectivity index (χ1) is 8.08. The highest BCUT2D eigenvalue weighted by Crippen LogP contribution is 2.27. The Morgan fingerprint density at radius 1 is 1.41 bits per heavy atom. The van der Waals surface area contributed by atoms with E-state index in [-0.39, 0.29) is 0 Å². The van der Waals surface area contributed by atoms with Gasteiger partial charge in [-0.15, -0.1) is 0 Å². The van der Waals surface area contributed by atoms with Crippen molar-refractivity contribution < 1.29 is 8.78 Å². The first-order valence-electron chi connectivity index (χ1n) is 5.60. The zero-order valence-corrected chi connectivity index (χ0v) is 9.98. The minimum atomic E-state index is -2.24. The molecule has 4 nitrogen and oxygen atoms in total. The van der Waals surface area contributed by atoms with E-state index in [0.717, 1.165) is 11.6 Å². The molecular formula is C11H16F2N4. The van der Waals surface area contributed by atoms with Gasteiger partial charge in [-0.2, -0.15) is 0 Å². The molecule has 0 spiro atoms. The van der Waals surface area contributed by atoms with Gasteiger partial charge in [0.05, 0.1) is 0 Å². The van der Waals surface area contributed by atoms with Crippen molar-refractivity contribution in [1.29, 1.82) is 0 Å². The van der Waals surface area contributed by atoms with Crippen LogP contribution in [0, 0.1) is 5.92 Å². The quantitative estimate of drug-likeness (QED) is 0.806. The molecule has 2 heterocycles. The third-order valence-corrected chi connectivity index (χ3v) is 3.00. The molecule has 0 aliphatic carbocycles. The van der Waals surface area contributed by atoms with Crippen molar-refractivity contribution in [2.24, 2.45) is 5.92 Å². The molecular weight excluding hydrogens is 226 g/mol. The van der Waals surface area contributed by atoms with Crippen molar-refractivity contribution in [2.75, 3.05) is 37.0 Å². The Bertz CT molecular complexity index is 383. The van der Waals surface area contributed by atoms with E-state index in [1.807, 2.05) is 30.0 Å². The minimum absolute atomic E-state index is 0.377. The second-order valence-electron chi connectivity index (χ2n) is 4.46. The predicted molar refractivity (Wildman–Crippen MR) is 62.7 cm³/mol. The minimum Gasteiger partial charge on any atom is -0.363 e. The van der Waals surface area contributed by atoms with Gasteiger partial charge < -0.3 is 9.80 Å². The maximum atomic E-state index is 12.6. The first kappa shape index (κ1) is 12.0. The molecule has 1 aromatic rings. The van der Waals surface area contributed by atoms with Gasteiger partial charge in [0.1, 0.15) is 18.0 Å². The van der Waals surface area contributed by atoms with Crippen LogP contribution < -0.4 is 9.80 Å². The Morgan fingerprint density at radius 2 is 2.18 bits per heavy atom. The van der Waals surface area contributed by atoms with Gasteiger partial charge in [-0.25, -0.2) is 18.7 Å². The number of anilines is 2. The van der Waals surface area contributed by atoms with Crippen LogP contribution in [0.3, 0.4) is 0 Å². The summed E-state index contributed by atoms with van der Waals surface area (Å²) in [6.07, 6.45) is -0.241. The summed E-state index contributed by atoms with van der Waals surface area (Å²) >= 11 is 0. The number of halogens is 2. The Kier molecular flexibility index (Phi) is 3.40. The number of hydrogen-bond acceptors (Lipinski definition) is 4. The highest BCUT2D eigenvalue weighted by molar-refractivity contribution is 5.49. The predicted octanol–water partition coefficient (Wildman–Crippen LogP) is 1.63. The van der Waals surface area contributed by atoms with E-state index in [9.17, 15) is 8.78 Å². The standard InChI is InChI=1S/C11H16F2N4/c1-16(2)9-5-10(15-7-14-9)17-4-3-8(6-17)11(12)13/h5,7-8,11H,3-4,6H2,1-2H3. The van der Waals surface area contributed by atoms with E-state index < -0.39 is 12.3 Å². The molecule has 1 aliphatic heterocycles. The third-order valence-electron chi connectivity index (χ3n) is 3.00. The van der Waals surface area contributed by atoms with Crippen LogP contribution >= 0.6 is 0 Å². The van der Waals surface area contributed by atoms with Crippen LogP contribution in [0.1, 0.15) is 6.42 Å². The average Bonchev–Trinajstić information content (AvgIpc) is 2.78. The van der Waals surface area contributed by atoms with E-state index in [0.29, 0.717) is 19.5 Å². The van der Waals surface area contributed by atoms with E-state index >= 15 is 0 Å². The fraction of sp³-hybridized carbons (Fsp3) is 0.636. The molecule has 2 rings (SSSR count). The average molecular weight is 242 g/mol. The molecule has 0 aromatic carbocycles. The largest absolute Gasteiger partial charge is 0.363 e. The molecule has 0 radical (unpaired) electrons. The Balaban J connectivity index is 2.11. The maximum Gasteiger partial charge on any atom is 0.243 e. The monoisotopic (exact) mass is 242 g/mol. The van der Waals surface area contributed by atoms with Crippen molar-refractivity contribution >= 4 is 11.6 Å². The molecule has 1 aliphatic rings. The summed E-state index contributed by atoms with van der Waals surface area (Å²) in [5.41, 5.74) is 0. The van der Waals surface area contributed by atoms with Gasteiger partial charge in [-0.1, -0.05) is 0 Å². The number of alkyl halides is 2. The topological polar surface area (TPSA) is 32.3 Å². The second-order valence-corrected chi connectivity index (χ2v) is 4.46. The molecule has 1 fully saturated rings. The maximum absolute atomic E-state index is 12.6. The van der Waals surface area contributed by atoms with Crippen LogP contribution in [-0.2, 0) is 0 Å². The van der Waals surface area contributed by atoms with Crippen molar-refractivity contribution in [3.05, 3.63) is 12.4 Å². The smallest absolute Gasteiger partial charge is 0.243 e. The van der Waals surface area contributed by atoms with Gasteiger partial charge in [0.15, 0.2) is 0 Å². The molecule has 1 aromatic heterocycles. The van der Waals surface area contributed by atoms with Gasteiger partial charge in [-0.05, 0) is 6.42 Å². The first-order valence-corrected chi connectivity index (χ1v) is 5.60. The molecule has 1 atom stereocenters. The molecule has 0 amide bonds. The zero-order chi connectivity index (χ0) is 12.4. The molecule has 0 bridgehead atoms. The van der Waals surface area contributed by atoms with Gasteiger partial charge in [0.25, 0.3) is 0 Å². The van der Waals surface area contributed by atoms with Crippen LogP contribution in [0.2, 0.25) is 0 Å². The van der Waals surface area contributed by atoms with E-state index in [2.05, 4.69) is 9.97 Å². The lowest BCUT2D eigenvalue weighted by Crippen LogP contribution is -2.23. The zero-order valence-electron chi connectivity index (χ0n) is 9.98. The SMILES string of the molecule is CN(C)c1cc(N2CCC(C(F)F)C2)ncn1. The number of aromatic nitrogens is 2. The molecule has 6 heteroatoms. The molecule has 0 N–H and O–H groups in total. The van der Waals surface area contributed by atoms with Crippen LogP contribution in [0.4, 0.5) is 20.4 Å². The summed E-state index contributed by atoms with van der Waals surface area (Å²) in [5, 5.41) is 0. The van der Waals surface area contributed by atoms with Crippen LogP contribution in [0.15, 0.2) is 12.4 Å². The van der Waals surface area contributed by atoms with E-state index in [1.54, 1.807) is 0 Å². The summed E-state index contributed by atoms with van der Waals surface area (Å²) in [6, 6.07) is 1.83. The van der Waals surface area contributed by atoms with E-state index in [1.165, 1.54) is 6.33 Å². The summed E-state index contributed by atoms with van der Waals surface area (Å²) in [5.74, 6) is 0.982. The van der Waals surface area contributed by atoms with Crippen molar-refractivity contribution in [3.8, 4) is 0 Å². The van der Waals surface area contributed by atoms with Crippen LogP contribution in [0.25, 0.3) is 0 Å². The number of hydrogen-bond donors (Lipinski definition) is 0. The summed E-state index contributed by atoms with van der Waals surface area (Å²) in [4.78, 5) is 12.0. The molecule has 1 saturated heterocycles. The third kappa shape index (κ3) is 2.62.